The van der Waals surface area contributed by atoms with Crippen LogP contribution in [0.5, 0.6) is 0 Å². The van der Waals surface area contributed by atoms with Crippen LogP contribution in [0.1, 0.15) is 36.6 Å². The number of guanidine groups is 1. The molecule has 1 aliphatic heterocycles. The Morgan fingerprint density at radius 1 is 1.10 bits per heavy atom. The number of pyridine rings is 1. The van der Waals surface area contributed by atoms with Gasteiger partial charge in [-0.15, -0.1) is 24.0 Å². The van der Waals surface area contributed by atoms with Crippen molar-refractivity contribution in [2.24, 2.45) is 4.99 Å². The Labute approximate surface area is 190 Å². The number of aromatic nitrogens is 1. The van der Waals surface area contributed by atoms with E-state index < -0.39 is 0 Å². The Balaban J connectivity index is 0.00000300. The van der Waals surface area contributed by atoms with E-state index in [2.05, 4.69) is 56.7 Å². The number of rotatable bonds is 7. The standard InChI is InChI=1S/C22H31N5O.HI/c1-2-23-22(26-16-20-5-3-4-12-24-20)25-15-18-6-8-19(9-7-18)17-27-13-10-21(28)11-14-27;/h3-9,12,21,28H,2,10-11,13-17H2,1H3,(H2,23,25,26);1H. The van der Waals surface area contributed by atoms with E-state index in [9.17, 15) is 5.11 Å². The van der Waals surface area contributed by atoms with Crippen LogP contribution in [0, 0.1) is 0 Å². The lowest BCUT2D eigenvalue weighted by atomic mass is 10.1. The number of nitrogens with one attached hydrogen (secondary N) is 2. The van der Waals surface area contributed by atoms with Crippen LogP contribution < -0.4 is 10.6 Å². The highest BCUT2D eigenvalue weighted by Gasteiger charge is 2.16. The number of aliphatic imine (C=N–C) groups is 1. The van der Waals surface area contributed by atoms with Gasteiger partial charge in [0.2, 0.25) is 0 Å². The highest BCUT2D eigenvalue weighted by atomic mass is 127. The summed E-state index contributed by atoms with van der Waals surface area (Å²) >= 11 is 0. The molecular weight excluding hydrogens is 477 g/mol. The number of piperidine rings is 1. The van der Waals surface area contributed by atoms with Gasteiger partial charge in [0, 0.05) is 32.4 Å². The van der Waals surface area contributed by atoms with Crippen LogP contribution in [0.4, 0.5) is 0 Å². The van der Waals surface area contributed by atoms with Crippen molar-refractivity contribution in [1.82, 2.24) is 20.5 Å². The molecule has 7 heteroatoms. The summed E-state index contributed by atoms with van der Waals surface area (Å²) in [5.41, 5.74) is 3.49. The predicted molar refractivity (Wildman–Crippen MR) is 128 cm³/mol. The van der Waals surface area contributed by atoms with Gasteiger partial charge in [0.1, 0.15) is 0 Å². The first-order valence-corrected chi connectivity index (χ1v) is 10.1. The zero-order valence-corrected chi connectivity index (χ0v) is 19.4. The first-order valence-electron chi connectivity index (χ1n) is 10.1. The van der Waals surface area contributed by atoms with E-state index in [-0.39, 0.29) is 30.1 Å². The third-order valence-electron chi connectivity index (χ3n) is 4.91. The van der Waals surface area contributed by atoms with Crippen molar-refractivity contribution in [3.05, 3.63) is 65.5 Å². The van der Waals surface area contributed by atoms with Crippen LogP contribution in [0.25, 0.3) is 0 Å². The van der Waals surface area contributed by atoms with Crippen molar-refractivity contribution < 1.29 is 5.11 Å². The van der Waals surface area contributed by atoms with Crippen molar-refractivity contribution >= 4 is 29.9 Å². The van der Waals surface area contributed by atoms with E-state index in [1.165, 1.54) is 11.1 Å². The van der Waals surface area contributed by atoms with Crippen molar-refractivity contribution in [3.63, 3.8) is 0 Å². The number of nitrogens with zero attached hydrogens (tertiary/aromatic N) is 3. The van der Waals surface area contributed by atoms with E-state index in [4.69, 9.17) is 0 Å². The smallest absolute Gasteiger partial charge is 0.191 e. The maximum absolute atomic E-state index is 9.62. The number of likely N-dealkylation sites (tertiary alicyclic amines) is 1. The maximum Gasteiger partial charge on any atom is 0.191 e. The van der Waals surface area contributed by atoms with Crippen LogP contribution in [0.2, 0.25) is 0 Å². The zero-order chi connectivity index (χ0) is 19.6. The SMILES string of the molecule is CCNC(=NCc1ccc(CN2CCC(O)CC2)cc1)NCc1ccccn1.I. The first kappa shape index (κ1) is 23.6. The van der Waals surface area contributed by atoms with Crippen molar-refractivity contribution in [2.75, 3.05) is 19.6 Å². The molecule has 0 bridgehead atoms. The Morgan fingerprint density at radius 3 is 2.48 bits per heavy atom. The summed E-state index contributed by atoms with van der Waals surface area (Å²) in [5, 5.41) is 16.2. The van der Waals surface area contributed by atoms with Gasteiger partial charge in [-0.05, 0) is 43.0 Å². The second-order valence-electron chi connectivity index (χ2n) is 7.19. The molecular formula is C22H32IN5O. The molecule has 1 aromatic carbocycles. The fraction of sp³-hybridized carbons (Fsp3) is 0.455. The summed E-state index contributed by atoms with van der Waals surface area (Å²) in [4.78, 5) is 11.4. The topological polar surface area (TPSA) is 72.8 Å². The molecule has 0 aliphatic carbocycles. The molecule has 1 saturated heterocycles. The van der Waals surface area contributed by atoms with Crippen molar-refractivity contribution in [3.8, 4) is 0 Å². The highest BCUT2D eigenvalue weighted by molar-refractivity contribution is 14.0. The largest absolute Gasteiger partial charge is 0.393 e. The van der Waals surface area contributed by atoms with Crippen LogP contribution in [-0.2, 0) is 19.6 Å². The average Bonchev–Trinajstić information content (AvgIpc) is 2.73. The normalized spacial score (nSPS) is 15.6. The molecule has 0 amide bonds. The Bertz CT molecular complexity index is 731. The lowest BCUT2D eigenvalue weighted by Crippen LogP contribution is -2.37. The third-order valence-corrected chi connectivity index (χ3v) is 4.91. The van der Waals surface area contributed by atoms with E-state index in [1.54, 1.807) is 6.20 Å². The summed E-state index contributed by atoms with van der Waals surface area (Å²) in [6.45, 7) is 7.06. The molecule has 0 saturated carbocycles. The molecule has 0 atom stereocenters. The van der Waals surface area contributed by atoms with Crippen LogP contribution in [0.3, 0.4) is 0 Å². The summed E-state index contributed by atoms with van der Waals surface area (Å²) in [7, 11) is 0. The fourth-order valence-electron chi connectivity index (χ4n) is 3.27. The summed E-state index contributed by atoms with van der Waals surface area (Å²) < 4.78 is 0. The molecule has 2 aromatic rings. The molecule has 0 spiro atoms. The summed E-state index contributed by atoms with van der Waals surface area (Å²) in [6, 6.07) is 14.6. The Hall–Kier alpha value is -1.71. The van der Waals surface area contributed by atoms with Gasteiger partial charge >= 0.3 is 0 Å². The molecule has 6 nitrogen and oxygen atoms in total. The molecule has 1 fully saturated rings. The quantitative estimate of drug-likeness (QED) is 0.304. The van der Waals surface area contributed by atoms with Gasteiger partial charge in [0.15, 0.2) is 5.96 Å². The average molecular weight is 509 g/mol. The van der Waals surface area contributed by atoms with Gasteiger partial charge in [-0.3, -0.25) is 9.88 Å². The number of benzene rings is 1. The van der Waals surface area contributed by atoms with Gasteiger partial charge in [0.25, 0.3) is 0 Å². The number of aliphatic hydroxyl groups is 1. The minimum absolute atomic E-state index is 0. The minimum Gasteiger partial charge on any atom is -0.393 e. The zero-order valence-electron chi connectivity index (χ0n) is 17.1. The van der Waals surface area contributed by atoms with Crippen LogP contribution in [-0.4, -0.2) is 46.7 Å². The minimum atomic E-state index is -0.117. The lowest BCUT2D eigenvalue weighted by Gasteiger charge is -2.29. The van der Waals surface area contributed by atoms with Gasteiger partial charge in [-0.25, -0.2) is 4.99 Å². The van der Waals surface area contributed by atoms with E-state index in [0.29, 0.717) is 13.1 Å². The molecule has 3 rings (SSSR count). The number of hydrogen-bond donors (Lipinski definition) is 3. The molecule has 158 valence electrons. The van der Waals surface area contributed by atoms with E-state index in [1.807, 2.05) is 18.2 Å². The predicted octanol–water partition coefficient (Wildman–Crippen LogP) is 2.91. The maximum atomic E-state index is 9.62. The van der Waals surface area contributed by atoms with Gasteiger partial charge in [-0.2, -0.15) is 0 Å². The third kappa shape index (κ3) is 8.28. The second-order valence-corrected chi connectivity index (χ2v) is 7.19. The molecule has 1 aliphatic rings. The number of halogens is 1. The fourth-order valence-corrected chi connectivity index (χ4v) is 3.27. The van der Waals surface area contributed by atoms with Crippen LogP contribution >= 0.6 is 24.0 Å². The van der Waals surface area contributed by atoms with E-state index in [0.717, 1.165) is 50.7 Å². The molecule has 1 aromatic heterocycles. The van der Waals surface area contributed by atoms with E-state index >= 15 is 0 Å². The van der Waals surface area contributed by atoms with Gasteiger partial charge in [-0.1, -0.05) is 30.3 Å². The molecule has 3 N–H and O–H groups in total. The lowest BCUT2D eigenvalue weighted by molar-refractivity contribution is 0.0792. The summed E-state index contributed by atoms with van der Waals surface area (Å²) in [5.74, 6) is 0.795. The Morgan fingerprint density at radius 2 is 1.83 bits per heavy atom. The molecule has 29 heavy (non-hydrogen) atoms. The van der Waals surface area contributed by atoms with Gasteiger partial charge in [0.05, 0.1) is 24.9 Å². The number of aliphatic hydroxyl groups excluding tert-OH is 1. The second kappa shape index (κ2) is 12.8. The summed E-state index contributed by atoms with van der Waals surface area (Å²) in [6.07, 6.45) is 3.44. The molecule has 2 heterocycles. The van der Waals surface area contributed by atoms with Crippen LogP contribution in [0.15, 0.2) is 53.7 Å². The molecule has 0 unspecified atom stereocenters. The molecule has 0 radical (unpaired) electrons. The highest BCUT2D eigenvalue weighted by Crippen LogP contribution is 2.14. The number of hydrogen-bond acceptors (Lipinski definition) is 4. The monoisotopic (exact) mass is 509 g/mol. The Kier molecular flexibility index (Phi) is 10.4. The van der Waals surface area contributed by atoms with Gasteiger partial charge < -0.3 is 15.7 Å². The first-order chi connectivity index (χ1) is 13.7. The van der Waals surface area contributed by atoms with Crippen molar-refractivity contribution in [1.29, 1.82) is 0 Å². The van der Waals surface area contributed by atoms with Crippen molar-refractivity contribution in [2.45, 2.75) is 45.5 Å².